The van der Waals surface area contributed by atoms with Crippen LogP contribution in [0.3, 0.4) is 0 Å². The highest BCUT2D eigenvalue weighted by atomic mass is 16.5. The fourth-order valence-electron chi connectivity index (χ4n) is 2.69. The van der Waals surface area contributed by atoms with Crippen LogP contribution in [0.5, 0.6) is 0 Å². The minimum absolute atomic E-state index is 0.0898. The minimum atomic E-state index is -0.169. The average molecular weight is 384 g/mol. The largest absolute Gasteiger partial charge is 0.378 e. The van der Waals surface area contributed by atoms with Gasteiger partial charge in [-0.05, 0) is 49.6 Å². The van der Waals surface area contributed by atoms with Crippen LogP contribution in [0, 0.1) is 0 Å². The quantitative estimate of drug-likeness (QED) is 0.770. The van der Waals surface area contributed by atoms with E-state index in [4.69, 9.17) is 4.74 Å². The highest BCUT2D eigenvalue weighted by Gasteiger charge is 2.11. The van der Waals surface area contributed by atoms with Crippen molar-refractivity contribution in [2.75, 3.05) is 26.0 Å². The second-order valence-corrected chi connectivity index (χ2v) is 8.30. The molecule has 5 nitrogen and oxygen atoms in total. The normalized spacial score (nSPS) is 11.2. The number of carbonyl (C=O) groups is 1. The van der Waals surface area contributed by atoms with E-state index in [0.717, 1.165) is 22.4 Å². The summed E-state index contributed by atoms with van der Waals surface area (Å²) in [6, 6.07) is 16.3. The summed E-state index contributed by atoms with van der Waals surface area (Å²) in [5, 5.41) is 2.99. The molecule has 0 fully saturated rings. The molecule has 152 valence electrons. The van der Waals surface area contributed by atoms with Crippen LogP contribution >= 0.6 is 0 Å². The maximum absolute atomic E-state index is 12.4. The molecular weight excluding hydrogens is 350 g/mol. The van der Waals surface area contributed by atoms with E-state index in [1.165, 1.54) is 0 Å². The monoisotopic (exact) mass is 383 g/mol. The predicted octanol–water partition coefficient (Wildman–Crippen LogP) is 4.41. The van der Waals surface area contributed by atoms with Gasteiger partial charge in [-0.3, -0.25) is 0 Å². The van der Waals surface area contributed by atoms with E-state index in [9.17, 15) is 4.79 Å². The van der Waals surface area contributed by atoms with Crippen LogP contribution in [0.1, 0.15) is 37.5 Å². The molecule has 0 aromatic heterocycles. The fraction of sp³-hybridized carbons (Fsp3) is 0.435. The first-order valence-electron chi connectivity index (χ1n) is 9.61. The van der Waals surface area contributed by atoms with Crippen molar-refractivity contribution in [2.24, 2.45) is 0 Å². The molecule has 2 amide bonds. The first kappa shape index (κ1) is 21.8. The van der Waals surface area contributed by atoms with E-state index in [1.54, 1.807) is 4.90 Å². The number of ether oxygens (including phenoxy) is 1. The van der Waals surface area contributed by atoms with Gasteiger partial charge in [-0.1, -0.05) is 36.4 Å². The van der Waals surface area contributed by atoms with Gasteiger partial charge >= 0.3 is 6.03 Å². The molecule has 0 aliphatic rings. The van der Waals surface area contributed by atoms with Crippen molar-refractivity contribution < 1.29 is 9.53 Å². The van der Waals surface area contributed by atoms with Gasteiger partial charge in [0.25, 0.3) is 0 Å². The van der Waals surface area contributed by atoms with Gasteiger partial charge in [0.05, 0.1) is 12.2 Å². The van der Waals surface area contributed by atoms with E-state index < -0.39 is 0 Å². The van der Waals surface area contributed by atoms with E-state index >= 15 is 0 Å². The molecule has 28 heavy (non-hydrogen) atoms. The Morgan fingerprint density at radius 2 is 1.61 bits per heavy atom. The van der Waals surface area contributed by atoms with Gasteiger partial charge in [0.15, 0.2) is 0 Å². The number of urea groups is 1. The van der Waals surface area contributed by atoms with Crippen LogP contribution < -0.4 is 10.2 Å². The molecule has 0 saturated heterocycles. The molecule has 0 aliphatic heterocycles. The lowest BCUT2D eigenvalue weighted by Crippen LogP contribution is -2.36. The summed E-state index contributed by atoms with van der Waals surface area (Å²) in [7, 11) is 5.83. The summed E-state index contributed by atoms with van der Waals surface area (Å²) < 4.78 is 5.83. The Hall–Kier alpha value is -2.53. The van der Waals surface area contributed by atoms with Crippen molar-refractivity contribution in [3.05, 3.63) is 65.2 Å². The smallest absolute Gasteiger partial charge is 0.317 e. The Balaban J connectivity index is 1.85. The SMILES string of the molecule is CN(Cc1ccc(N(C)C)cc1)C(=O)NCc1cccc(COC(C)(C)C)c1. The lowest BCUT2D eigenvalue weighted by Gasteiger charge is -2.20. The fourth-order valence-corrected chi connectivity index (χ4v) is 2.69. The molecule has 0 aliphatic carbocycles. The van der Waals surface area contributed by atoms with E-state index in [0.29, 0.717) is 19.7 Å². The minimum Gasteiger partial charge on any atom is -0.378 e. The van der Waals surface area contributed by atoms with Gasteiger partial charge in [-0.2, -0.15) is 0 Å². The zero-order chi connectivity index (χ0) is 20.7. The third-order valence-electron chi connectivity index (χ3n) is 4.33. The third kappa shape index (κ3) is 7.24. The van der Waals surface area contributed by atoms with Gasteiger partial charge in [-0.25, -0.2) is 4.79 Å². The molecule has 0 spiro atoms. The number of hydrogen-bond donors (Lipinski definition) is 1. The molecule has 0 saturated carbocycles. The number of benzene rings is 2. The van der Waals surface area contributed by atoms with Crippen molar-refractivity contribution in [2.45, 2.75) is 46.1 Å². The molecule has 0 radical (unpaired) electrons. The lowest BCUT2D eigenvalue weighted by molar-refractivity contribution is -0.0149. The second-order valence-electron chi connectivity index (χ2n) is 8.30. The van der Waals surface area contributed by atoms with Crippen molar-refractivity contribution in [3.63, 3.8) is 0 Å². The van der Waals surface area contributed by atoms with Gasteiger partial charge in [0, 0.05) is 39.9 Å². The highest BCUT2D eigenvalue weighted by molar-refractivity contribution is 5.73. The van der Waals surface area contributed by atoms with Crippen molar-refractivity contribution in [3.8, 4) is 0 Å². The maximum atomic E-state index is 12.4. The zero-order valence-electron chi connectivity index (χ0n) is 18.0. The molecule has 2 rings (SSSR count). The van der Waals surface area contributed by atoms with Crippen LogP contribution in [0.15, 0.2) is 48.5 Å². The number of anilines is 1. The summed E-state index contributed by atoms with van der Waals surface area (Å²) in [5.74, 6) is 0. The van der Waals surface area contributed by atoms with Gasteiger partial charge in [0.1, 0.15) is 0 Å². The van der Waals surface area contributed by atoms with Gasteiger partial charge in [0.2, 0.25) is 0 Å². The number of hydrogen-bond acceptors (Lipinski definition) is 3. The number of nitrogens with zero attached hydrogens (tertiary/aromatic N) is 2. The molecular formula is C23H33N3O2. The summed E-state index contributed by atoms with van der Waals surface area (Å²) in [6.45, 7) is 7.75. The summed E-state index contributed by atoms with van der Waals surface area (Å²) in [5.41, 5.74) is 4.25. The maximum Gasteiger partial charge on any atom is 0.317 e. The third-order valence-corrected chi connectivity index (χ3v) is 4.33. The average Bonchev–Trinajstić information content (AvgIpc) is 2.64. The Morgan fingerprint density at radius 1 is 0.964 bits per heavy atom. The van der Waals surface area contributed by atoms with Crippen LogP contribution in [0.2, 0.25) is 0 Å². The first-order chi connectivity index (χ1) is 13.1. The van der Waals surface area contributed by atoms with Crippen LogP contribution in [0.25, 0.3) is 0 Å². The molecule has 0 bridgehead atoms. The molecule has 0 heterocycles. The van der Waals surface area contributed by atoms with Crippen LogP contribution in [0.4, 0.5) is 10.5 Å². The summed E-state index contributed by atoms with van der Waals surface area (Å²) in [6.07, 6.45) is 0. The Kier molecular flexibility index (Phi) is 7.46. The van der Waals surface area contributed by atoms with E-state index in [-0.39, 0.29) is 11.6 Å². The standard InChI is InChI=1S/C23H33N3O2/c1-23(2,3)28-17-20-9-7-8-19(14-20)15-24-22(27)26(6)16-18-10-12-21(13-11-18)25(4)5/h7-14H,15-17H2,1-6H3,(H,24,27). The van der Waals surface area contributed by atoms with Gasteiger partial charge in [-0.15, -0.1) is 0 Å². The molecule has 2 aromatic rings. The first-order valence-corrected chi connectivity index (χ1v) is 9.61. The van der Waals surface area contributed by atoms with E-state index in [2.05, 4.69) is 40.5 Å². The Labute approximate surface area is 169 Å². The van der Waals surface area contributed by atoms with Crippen molar-refractivity contribution in [1.29, 1.82) is 0 Å². The molecule has 1 N–H and O–H groups in total. The van der Waals surface area contributed by atoms with Crippen LogP contribution in [-0.4, -0.2) is 37.7 Å². The summed E-state index contributed by atoms with van der Waals surface area (Å²) in [4.78, 5) is 16.2. The predicted molar refractivity (Wildman–Crippen MR) is 115 cm³/mol. The highest BCUT2D eigenvalue weighted by Crippen LogP contribution is 2.14. The summed E-state index contributed by atoms with van der Waals surface area (Å²) >= 11 is 0. The number of nitrogens with one attached hydrogen (secondary N) is 1. The molecule has 0 atom stereocenters. The molecule has 0 unspecified atom stereocenters. The second kappa shape index (κ2) is 9.60. The van der Waals surface area contributed by atoms with Crippen molar-refractivity contribution in [1.82, 2.24) is 10.2 Å². The van der Waals surface area contributed by atoms with E-state index in [1.807, 2.05) is 60.1 Å². The lowest BCUT2D eigenvalue weighted by atomic mass is 10.1. The Morgan fingerprint density at radius 3 is 2.21 bits per heavy atom. The number of amides is 2. The van der Waals surface area contributed by atoms with Crippen molar-refractivity contribution >= 4 is 11.7 Å². The Bertz CT molecular complexity index is 764. The number of rotatable bonds is 7. The zero-order valence-corrected chi connectivity index (χ0v) is 18.0. The van der Waals surface area contributed by atoms with Gasteiger partial charge < -0.3 is 19.9 Å². The topological polar surface area (TPSA) is 44.8 Å². The molecule has 5 heteroatoms. The van der Waals surface area contributed by atoms with Crippen LogP contribution in [-0.2, 0) is 24.4 Å². The number of carbonyl (C=O) groups excluding carboxylic acids is 1. The molecule has 2 aromatic carbocycles.